The van der Waals surface area contributed by atoms with Gasteiger partial charge in [0.05, 0.1) is 10.4 Å². The molecule has 1 fully saturated rings. The van der Waals surface area contributed by atoms with Crippen LogP contribution in [0, 0.1) is 5.92 Å². The number of hydrogen-bond donors (Lipinski definition) is 1. The van der Waals surface area contributed by atoms with E-state index in [0.29, 0.717) is 0 Å². The fourth-order valence-electron chi connectivity index (χ4n) is 2.28. The summed E-state index contributed by atoms with van der Waals surface area (Å²) in [6.07, 6.45) is 0. The van der Waals surface area contributed by atoms with Crippen LogP contribution in [0.25, 0.3) is 0 Å². The Morgan fingerprint density at radius 1 is 1.35 bits per heavy atom. The van der Waals surface area contributed by atoms with Crippen molar-refractivity contribution in [3.8, 4) is 0 Å². The van der Waals surface area contributed by atoms with Crippen LogP contribution in [0.3, 0.4) is 0 Å². The molecule has 0 aliphatic carbocycles. The lowest BCUT2D eigenvalue weighted by molar-refractivity contribution is -0.135. The largest absolute Gasteiger partial charge is 0.339 e. The van der Waals surface area contributed by atoms with Gasteiger partial charge in [0.25, 0.3) is 0 Å². The maximum Gasteiger partial charge on any atom is 0.239 e. The van der Waals surface area contributed by atoms with Gasteiger partial charge in [-0.2, -0.15) is 0 Å². The third-order valence-corrected chi connectivity index (χ3v) is 4.91. The molecule has 2 heterocycles. The third-order valence-electron chi connectivity index (χ3n) is 3.70. The molecule has 0 spiro atoms. The summed E-state index contributed by atoms with van der Waals surface area (Å²) < 4.78 is 0.830. The van der Waals surface area contributed by atoms with Crippen LogP contribution in [0.1, 0.15) is 18.7 Å². The molecule has 0 unspecified atom stereocenters. The van der Waals surface area contributed by atoms with E-state index in [9.17, 15) is 4.79 Å². The lowest BCUT2D eigenvalue weighted by atomic mass is 10.0. The zero-order valence-electron chi connectivity index (χ0n) is 12.0. The molecule has 1 atom stereocenters. The van der Waals surface area contributed by atoms with Crippen molar-refractivity contribution >= 4 is 28.8 Å². The Morgan fingerprint density at radius 2 is 2.00 bits per heavy atom. The van der Waals surface area contributed by atoms with Crippen LogP contribution in [-0.2, 0) is 11.3 Å². The molecule has 2 N–H and O–H groups in total. The molecule has 0 saturated carbocycles. The van der Waals surface area contributed by atoms with Gasteiger partial charge < -0.3 is 10.6 Å². The molecule has 1 aromatic heterocycles. The number of hydrogen-bond acceptors (Lipinski definition) is 4. The van der Waals surface area contributed by atoms with Gasteiger partial charge in [0, 0.05) is 37.6 Å². The average molecular weight is 316 g/mol. The molecule has 0 radical (unpaired) electrons. The van der Waals surface area contributed by atoms with Crippen molar-refractivity contribution in [1.29, 1.82) is 0 Å². The number of rotatable bonds is 4. The van der Waals surface area contributed by atoms with Gasteiger partial charge in [0.15, 0.2) is 0 Å². The quantitative estimate of drug-likeness (QED) is 0.925. The van der Waals surface area contributed by atoms with Crippen molar-refractivity contribution in [3.05, 3.63) is 21.3 Å². The van der Waals surface area contributed by atoms with E-state index in [2.05, 4.69) is 11.0 Å². The Morgan fingerprint density at radius 3 is 2.50 bits per heavy atom. The molecule has 2 rings (SSSR count). The van der Waals surface area contributed by atoms with E-state index < -0.39 is 0 Å². The summed E-state index contributed by atoms with van der Waals surface area (Å²) in [7, 11) is 0. The molecule has 1 amide bonds. The first kappa shape index (κ1) is 15.8. The van der Waals surface area contributed by atoms with Gasteiger partial charge in [-0.1, -0.05) is 25.4 Å². The van der Waals surface area contributed by atoms with E-state index in [1.54, 1.807) is 11.3 Å². The highest BCUT2D eigenvalue weighted by atomic mass is 35.5. The van der Waals surface area contributed by atoms with Crippen molar-refractivity contribution in [3.63, 3.8) is 0 Å². The van der Waals surface area contributed by atoms with E-state index in [0.717, 1.165) is 37.1 Å². The monoisotopic (exact) mass is 315 g/mol. The van der Waals surface area contributed by atoms with Crippen LogP contribution in [0.2, 0.25) is 4.34 Å². The minimum Gasteiger partial charge on any atom is -0.339 e. The molecule has 20 heavy (non-hydrogen) atoms. The Labute approximate surface area is 129 Å². The van der Waals surface area contributed by atoms with Crippen molar-refractivity contribution in [2.75, 3.05) is 26.2 Å². The minimum absolute atomic E-state index is 0.0822. The van der Waals surface area contributed by atoms with Gasteiger partial charge >= 0.3 is 0 Å². The summed E-state index contributed by atoms with van der Waals surface area (Å²) in [6.45, 7) is 8.20. The second-order valence-corrected chi connectivity index (χ2v) is 7.38. The third kappa shape index (κ3) is 3.95. The van der Waals surface area contributed by atoms with Gasteiger partial charge in [0.2, 0.25) is 5.91 Å². The summed E-state index contributed by atoms with van der Waals surface area (Å²) in [5.41, 5.74) is 5.93. The van der Waals surface area contributed by atoms with Crippen LogP contribution in [0.15, 0.2) is 12.1 Å². The maximum absolute atomic E-state index is 12.2. The zero-order chi connectivity index (χ0) is 14.7. The Bertz CT molecular complexity index is 455. The molecule has 1 aromatic rings. The maximum atomic E-state index is 12.2. The van der Waals surface area contributed by atoms with Gasteiger partial charge in [0.1, 0.15) is 0 Å². The van der Waals surface area contributed by atoms with Crippen LogP contribution in [0.4, 0.5) is 0 Å². The Kier molecular flexibility index (Phi) is 5.43. The van der Waals surface area contributed by atoms with Crippen LogP contribution in [0.5, 0.6) is 0 Å². The highest BCUT2D eigenvalue weighted by molar-refractivity contribution is 7.16. The number of nitrogens with two attached hydrogens (primary N) is 1. The predicted molar refractivity (Wildman–Crippen MR) is 84.0 cm³/mol. The first-order chi connectivity index (χ1) is 9.47. The van der Waals surface area contributed by atoms with E-state index in [1.165, 1.54) is 4.88 Å². The van der Waals surface area contributed by atoms with Gasteiger partial charge in [-0.3, -0.25) is 9.69 Å². The second-order valence-electron chi connectivity index (χ2n) is 5.58. The highest BCUT2D eigenvalue weighted by Gasteiger charge is 2.26. The molecule has 0 bridgehead atoms. The normalized spacial score (nSPS) is 18.6. The fraction of sp³-hybridized carbons (Fsp3) is 0.643. The lowest BCUT2D eigenvalue weighted by Crippen LogP contribution is -2.54. The molecule has 1 aliphatic heterocycles. The van der Waals surface area contributed by atoms with Gasteiger partial charge in [-0.25, -0.2) is 0 Å². The first-order valence-electron chi connectivity index (χ1n) is 6.98. The van der Waals surface area contributed by atoms with Crippen molar-refractivity contribution < 1.29 is 4.79 Å². The van der Waals surface area contributed by atoms with Crippen molar-refractivity contribution in [1.82, 2.24) is 9.80 Å². The topological polar surface area (TPSA) is 49.6 Å². The van der Waals surface area contributed by atoms with Crippen LogP contribution in [-0.4, -0.2) is 47.9 Å². The summed E-state index contributed by atoms with van der Waals surface area (Å²) in [4.78, 5) is 17.7. The first-order valence-corrected chi connectivity index (χ1v) is 8.17. The van der Waals surface area contributed by atoms with E-state index in [-0.39, 0.29) is 17.9 Å². The van der Waals surface area contributed by atoms with Gasteiger partial charge in [-0.15, -0.1) is 11.3 Å². The van der Waals surface area contributed by atoms with Crippen LogP contribution < -0.4 is 5.73 Å². The van der Waals surface area contributed by atoms with E-state index in [1.807, 2.05) is 24.8 Å². The number of halogens is 1. The van der Waals surface area contributed by atoms with Crippen molar-refractivity contribution in [2.45, 2.75) is 26.4 Å². The SMILES string of the molecule is CC(C)[C@H](N)C(=O)N1CCN(Cc2ccc(Cl)s2)CC1. The van der Waals surface area contributed by atoms with Crippen molar-refractivity contribution in [2.24, 2.45) is 11.7 Å². The van der Waals surface area contributed by atoms with E-state index >= 15 is 0 Å². The minimum atomic E-state index is -0.377. The molecule has 4 nitrogen and oxygen atoms in total. The smallest absolute Gasteiger partial charge is 0.239 e. The summed E-state index contributed by atoms with van der Waals surface area (Å²) in [5, 5.41) is 0. The number of amides is 1. The summed E-state index contributed by atoms with van der Waals surface area (Å²) >= 11 is 7.56. The molecule has 6 heteroatoms. The second kappa shape index (κ2) is 6.89. The highest BCUT2D eigenvalue weighted by Crippen LogP contribution is 2.23. The predicted octanol–water partition coefficient (Wildman–Crippen LogP) is 2.03. The number of carbonyl (C=O) groups excluding carboxylic acids is 1. The lowest BCUT2D eigenvalue weighted by Gasteiger charge is -2.36. The molecular formula is C14H22ClN3OS. The fourth-order valence-corrected chi connectivity index (χ4v) is 3.41. The molecule has 1 aliphatic rings. The number of nitrogens with zero attached hydrogens (tertiary/aromatic N) is 2. The molecule has 112 valence electrons. The average Bonchev–Trinajstić information content (AvgIpc) is 2.83. The summed E-state index contributed by atoms with van der Waals surface area (Å²) in [5.74, 6) is 0.271. The number of carbonyl (C=O) groups is 1. The molecular weight excluding hydrogens is 294 g/mol. The Hall–Kier alpha value is -0.620. The van der Waals surface area contributed by atoms with E-state index in [4.69, 9.17) is 17.3 Å². The summed E-state index contributed by atoms with van der Waals surface area (Å²) in [6, 6.07) is 3.63. The zero-order valence-corrected chi connectivity index (χ0v) is 13.6. The Balaban J connectivity index is 1.82. The van der Waals surface area contributed by atoms with Gasteiger partial charge in [-0.05, 0) is 18.1 Å². The molecule has 0 aromatic carbocycles. The van der Waals surface area contributed by atoms with Crippen LogP contribution >= 0.6 is 22.9 Å². The number of piperazine rings is 1. The standard InChI is InChI=1S/C14H22ClN3OS/c1-10(2)13(16)14(19)18-7-5-17(6-8-18)9-11-3-4-12(15)20-11/h3-4,10,13H,5-9,16H2,1-2H3/t13-/m0/s1. The number of thiophene rings is 1. The molecule has 1 saturated heterocycles.